The van der Waals surface area contributed by atoms with Crippen molar-refractivity contribution in [1.82, 2.24) is 10.3 Å². The van der Waals surface area contributed by atoms with Crippen LogP contribution in [0.2, 0.25) is 0 Å². The Kier molecular flexibility index (Phi) is 2.91. The minimum Gasteiger partial charge on any atom is -0.359 e. The molecule has 0 fully saturated rings. The maximum Gasteiger partial charge on any atom is 0.319 e. The number of H-pyrrole nitrogens is 1. The third-order valence-corrected chi connectivity index (χ3v) is 2.24. The van der Waals surface area contributed by atoms with E-state index in [1.54, 1.807) is 12.3 Å². The number of amides is 2. The molecule has 2 aromatic rings. The lowest BCUT2D eigenvalue weighted by Crippen LogP contribution is -2.28. The summed E-state index contributed by atoms with van der Waals surface area (Å²) in [4.78, 5) is 14.5. The summed E-state index contributed by atoms with van der Waals surface area (Å²) in [7, 11) is 0. The average Bonchev–Trinajstić information content (AvgIpc) is 2.70. The van der Waals surface area contributed by atoms with E-state index in [9.17, 15) is 4.79 Å². The smallest absolute Gasteiger partial charge is 0.319 e. The van der Waals surface area contributed by atoms with Gasteiger partial charge in [-0.1, -0.05) is 24.3 Å². The molecular formula is C12H13N3O. The molecule has 2 rings (SSSR count). The fraction of sp³-hybridized carbons (Fsp3) is 0.0833. The Bertz CT molecular complexity index is 516. The first kappa shape index (κ1) is 10.3. The topological polar surface area (TPSA) is 56.9 Å². The molecule has 1 aromatic heterocycles. The van der Waals surface area contributed by atoms with Crippen molar-refractivity contribution in [3.8, 4) is 0 Å². The molecule has 0 aliphatic carbocycles. The first-order valence-electron chi connectivity index (χ1n) is 5.03. The molecule has 16 heavy (non-hydrogen) atoms. The molecule has 2 amide bonds. The van der Waals surface area contributed by atoms with Crippen LogP contribution in [0.1, 0.15) is 0 Å². The van der Waals surface area contributed by atoms with Crippen LogP contribution in [0.3, 0.4) is 0 Å². The number of hydrogen-bond acceptors (Lipinski definition) is 1. The van der Waals surface area contributed by atoms with Gasteiger partial charge in [0.2, 0.25) is 0 Å². The number of carbonyl (C=O) groups is 1. The summed E-state index contributed by atoms with van der Waals surface area (Å²) in [6.07, 6.45) is 3.41. The van der Waals surface area contributed by atoms with Crippen LogP contribution in [0, 0.1) is 0 Å². The van der Waals surface area contributed by atoms with E-state index in [1.807, 2.05) is 24.3 Å². The van der Waals surface area contributed by atoms with Gasteiger partial charge in [0.25, 0.3) is 0 Å². The number of anilines is 1. The van der Waals surface area contributed by atoms with Crippen molar-refractivity contribution in [3.05, 3.63) is 43.1 Å². The first-order valence-corrected chi connectivity index (χ1v) is 5.03. The van der Waals surface area contributed by atoms with E-state index in [4.69, 9.17) is 0 Å². The SMILES string of the molecule is C=CCNC(=O)Nc1c[nH]c2ccccc12. The van der Waals surface area contributed by atoms with Gasteiger partial charge in [0.05, 0.1) is 5.69 Å². The van der Waals surface area contributed by atoms with Crippen molar-refractivity contribution >= 4 is 22.6 Å². The van der Waals surface area contributed by atoms with Crippen molar-refractivity contribution in [2.45, 2.75) is 0 Å². The van der Waals surface area contributed by atoms with Crippen LogP contribution in [-0.4, -0.2) is 17.6 Å². The lowest BCUT2D eigenvalue weighted by Gasteiger charge is -2.03. The molecule has 82 valence electrons. The second-order valence-corrected chi connectivity index (χ2v) is 3.37. The van der Waals surface area contributed by atoms with Crippen LogP contribution >= 0.6 is 0 Å². The van der Waals surface area contributed by atoms with Crippen LogP contribution in [0.25, 0.3) is 10.9 Å². The average molecular weight is 215 g/mol. The van der Waals surface area contributed by atoms with Crippen LogP contribution in [0.15, 0.2) is 43.1 Å². The number of para-hydroxylation sites is 1. The molecule has 0 spiro atoms. The molecule has 0 radical (unpaired) electrons. The van der Waals surface area contributed by atoms with Crippen LogP contribution in [0.5, 0.6) is 0 Å². The zero-order chi connectivity index (χ0) is 11.4. The third-order valence-electron chi connectivity index (χ3n) is 2.24. The summed E-state index contributed by atoms with van der Waals surface area (Å²) < 4.78 is 0. The predicted octanol–water partition coefficient (Wildman–Crippen LogP) is 2.48. The maximum atomic E-state index is 11.4. The summed E-state index contributed by atoms with van der Waals surface area (Å²) in [5, 5.41) is 6.42. The number of rotatable bonds is 3. The van der Waals surface area contributed by atoms with E-state index >= 15 is 0 Å². The van der Waals surface area contributed by atoms with Crippen molar-refractivity contribution in [2.75, 3.05) is 11.9 Å². The number of hydrogen-bond donors (Lipinski definition) is 3. The molecule has 0 aliphatic heterocycles. The Hall–Kier alpha value is -2.23. The number of urea groups is 1. The summed E-state index contributed by atoms with van der Waals surface area (Å²) >= 11 is 0. The van der Waals surface area contributed by atoms with E-state index in [0.717, 1.165) is 16.6 Å². The normalized spacial score (nSPS) is 10.0. The van der Waals surface area contributed by atoms with Gasteiger partial charge in [-0.3, -0.25) is 0 Å². The molecule has 4 nitrogen and oxygen atoms in total. The summed E-state index contributed by atoms with van der Waals surface area (Å²) in [5.74, 6) is 0. The van der Waals surface area contributed by atoms with E-state index < -0.39 is 0 Å². The number of carbonyl (C=O) groups excluding carboxylic acids is 1. The fourth-order valence-corrected chi connectivity index (χ4v) is 1.51. The maximum absolute atomic E-state index is 11.4. The molecule has 0 saturated heterocycles. The number of aromatic nitrogens is 1. The van der Waals surface area contributed by atoms with Gasteiger partial charge in [-0.05, 0) is 6.07 Å². The summed E-state index contributed by atoms with van der Waals surface area (Å²) in [6.45, 7) is 3.98. The number of nitrogens with one attached hydrogen (secondary N) is 3. The fourth-order valence-electron chi connectivity index (χ4n) is 1.51. The highest BCUT2D eigenvalue weighted by Crippen LogP contribution is 2.22. The lowest BCUT2D eigenvalue weighted by molar-refractivity contribution is 0.253. The van der Waals surface area contributed by atoms with Crippen LogP contribution in [0.4, 0.5) is 10.5 Å². The highest BCUT2D eigenvalue weighted by Gasteiger charge is 2.05. The van der Waals surface area contributed by atoms with Gasteiger partial charge in [-0.15, -0.1) is 6.58 Å². The summed E-state index contributed by atoms with van der Waals surface area (Å²) in [5.41, 5.74) is 1.78. The number of fused-ring (bicyclic) bond motifs is 1. The van der Waals surface area contributed by atoms with Crippen molar-refractivity contribution in [1.29, 1.82) is 0 Å². The molecule has 4 heteroatoms. The van der Waals surface area contributed by atoms with Gasteiger partial charge in [-0.25, -0.2) is 4.79 Å². The molecule has 0 saturated carbocycles. The van der Waals surface area contributed by atoms with Gasteiger partial charge in [-0.2, -0.15) is 0 Å². The van der Waals surface area contributed by atoms with E-state index in [2.05, 4.69) is 22.2 Å². The largest absolute Gasteiger partial charge is 0.359 e. The van der Waals surface area contributed by atoms with Crippen molar-refractivity contribution in [2.24, 2.45) is 0 Å². The number of benzene rings is 1. The molecule has 0 unspecified atom stereocenters. The van der Waals surface area contributed by atoms with E-state index in [0.29, 0.717) is 6.54 Å². The highest BCUT2D eigenvalue weighted by molar-refractivity contribution is 6.00. The minimum absolute atomic E-state index is 0.232. The zero-order valence-electron chi connectivity index (χ0n) is 8.79. The predicted molar refractivity (Wildman–Crippen MR) is 65.5 cm³/mol. The molecule has 3 N–H and O–H groups in total. The van der Waals surface area contributed by atoms with Gasteiger partial charge < -0.3 is 15.6 Å². The standard InChI is InChI=1S/C12H13N3O/c1-2-7-13-12(16)15-11-8-14-10-6-4-3-5-9(10)11/h2-6,8,14H,1,7H2,(H2,13,15,16). The second kappa shape index (κ2) is 4.53. The molecule has 1 heterocycles. The molecule has 0 bridgehead atoms. The molecule has 0 atom stereocenters. The van der Waals surface area contributed by atoms with Crippen molar-refractivity contribution < 1.29 is 4.79 Å². The third kappa shape index (κ3) is 2.06. The van der Waals surface area contributed by atoms with Crippen LogP contribution in [-0.2, 0) is 0 Å². The van der Waals surface area contributed by atoms with Gasteiger partial charge in [0, 0.05) is 23.6 Å². The quantitative estimate of drug-likeness (QED) is 0.677. The Balaban J connectivity index is 2.15. The van der Waals surface area contributed by atoms with E-state index in [-0.39, 0.29) is 6.03 Å². The zero-order valence-corrected chi connectivity index (χ0v) is 8.79. The van der Waals surface area contributed by atoms with Crippen molar-refractivity contribution in [3.63, 3.8) is 0 Å². The Morgan fingerprint density at radius 1 is 1.44 bits per heavy atom. The minimum atomic E-state index is -0.232. The first-order chi connectivity index (χ1) is 7.81. The Labute approximate surface area is 93.4 Å². The van der Waals surface area contributed by atoms with Gasteiger partial charge >= 0.3 is 6.03 Å². The Morgan fingerprint density at radius 3 is 3.06 bits per heavy atom. The second-order valence-electron chi connectivity index (χ2n) is 3.37. The van der Waals surface area contributed by atoms with Gasteiger partial charge in [0.1, 0.15) is 0 Å². The number of aromatic amines is 1. The molecule has 1 aromatic carbocycles. The van der Waals surface area contributed by atoms with E-state index in [1.165, 1.54) is 0 Å². The van der Waals surface area contributed by atoms with Crippen LogP contribution < -0.4 is 10.6 Å². The molecule has 0 aliphatic rings. The monoisotopic (exact) mass is 215 g/mol. The van der Waals surface area contributed by atoms with Gasteiger partial charge in [0.15, 0.2) is 0 Å². The Morgan fingerprint density at radius 2 is 2.25 bits per heavy atom. The highest BCUT2D eigenvalue weighted by atomic mass is 16.2. The lowest BCUT2D eigenvalue weighted by atomic mass is 10.2. The summed E-state index contributed by atoms with van der Waals surface area (Å²) in [6, 6.07) is 7.56. The molecular weight excluding hydrogens is 202 g/mol.